The van der Waals surface area contributed by atoms with Crippen molar-refractivity contribution >= 4 is 5.91 Å². The van der Waals surface area contributed by atoms with Crippen LogP contribution in [0.3, 0.4) is 0 Å². The lowest BCUT2D eigenvalue weighted by molar-refractivity contribution is -0.116. The van der Waals surface area contributed by atoms with Crippen LogP contribution in [0.4, 0.5) is 0 Å². The molecule has 0 heterocycles. The summed E-state index contributed by atoms with van der Waals surface area (Å²) in [6.07, 6.45) is 6.84. The molecule has 66 valence electrons. The molecule has 1 amide bonds. The van der Waals surface area contributed by atoms with E-state index in [0.29, 0.717) is 0 Å². The predicted octanol–water partition coefficient (Wildman–Crippen LogP) is 1.79. The summed E-state index contributed by atoms with van der Waals surface area (Å²) in [7, 11) is 0. The molecule has 2 nitrogen and oxygen atoms in total. The van der Waals surface area contributed by atoms with Crippen LogP contribution in [0.1, 0.15) is 26.2 Å². The third-order valence-electron chi connectivity index (χ3n) is 2.08. The fraction of sp³-hybridized carbons (Fsp3) is 0.500. The van der Waals surface area contributed by atoms with Gasteiger partial charge in [0.25, 0.3) is 0 Å². The first-order valence-corrected chi connectivity index (χ1v) is 4.32. The third-order valence-corrected chi connectivity index (χ3v) is 2.08. The van der Waals surface area contributed by atoms with E-state index >= 15 is 0 Å². The average molecular weight is 165 g/mol. The van der Waals surface area contributed by atoms with Crippen LogP contribution in [0.15, 0.2) is 24.3 Å². The number of carbonyl (C=O) groups excluding carboxylic acids is 1. The zero-order valence-corrected chi connectivity index (χ0v) is 7.47. The van der Waals surface area contributed by atoms with Crippen molar-refractivity contribution < 1.29 is 4.79 Å². The number of nitrogens with one attached hydrogen (secondary N) is 1. The van der Waals surface area contributed by atoms with Crippen LogP contribution >= 0.6 is 0 Å². The minimum Gasteiger partial charge on any atom is -0.346 e. The molecule has 1 atom stereocenters. The summed E-state index contributed by atoms with van der Waals surface area (Å²) < 4.78 is 0. The van der Waals surface area contributed by atoms with Crippen molar-refractivity contribution in [1.82, 2.24) is 5.32 Å². The Labute approximate surface area is 73.4 Å². The number of hydrogen-bond acceptors (Lipinski definition) is 1. The van der Waals surface area contributed by atoms with E-state index in [-0.39, 0.29) is 11.9 Å². The van der Waals surface area contributed by atoms with Gasteiger partial charge in [-0.25, -0.2) is 0 Å². The quantitative estimate of drug-likeness (QED) is 0.490. The van der Waals surface area contributed by atoms with Gasteiger partial charge in [0, 0.05) is 6.04 Å². The molecule has 0 aromatic rings. The van der Waals surface area contributed by atoms with Gasteiger partial charge in [-0.1, -0.05) is 18.2 Å². The van der Waals surface area contributed by atoms with Crippen molar-refractivity contribution in [3.05, 3.63) is 24.3 Å². The zero-order valence-electron chi connectivity index (χ0n) is 7.47. The highest BCUT2D eigenvalue weighted by atomic mass is 16.1. The first-order chi connectivity index (χ1) is 5.72. The molecule has 1 N–H and O–H groups in total. The molecule has 1 aliphatic carbocycles. The standard InChI is InChI=1S/C10H15NO/c1-3-10(12)11-9-6-4-5-8(2)7-9/h3,7,9H,1,4-6H2,2H3,(H,11,12). The second-order valence-electron chi connectivity index (χ2n) is 3.22. The second kappa shape index (κ2) is 4.10. The van der Waals surface area contributed by atoms with E-state index in [0.717, 1.165) is 6.42 Å². The van der Waals surface area contributed by atoms with Crippen molar-refractivity contribution in [1.29, 1.82) is 0 Å². The molecule has 1 unspecified atom stereocenters. The predicted molar refractivity (Wildman–Crippen MR) is 49.7 cm³/mol. The molecule has 0 aliphatic heterocycles. The van der Waals surface area contributed by atoms with Gasteiger partial charge in [-0.3, -0.25) is 4.79 Å². The van der Waals surface area contributed by atoms with Gasteiger partial charge in [-0.05, 0) is 32.3 Å². The Hall–Kier alpha value is -1.05. The van der Waals surface area contributed by atoms with Crippen LogP contribution in [-0.4, -0.2) is 11.9 Å². The number of hydrogen-bond donors (Lipinski definition) is 1. The van der Waals surface area contributed by atoms with E-state index < -0.39 is 0 Å². The summed E-state index contributed by atoms with van der Waals surface area (Å²) in [6.45, 7) is 5.52. The SMILES string of the molecule is C=CC(=O)NC1C=C(C)CCC1. The van der Waals surface area contributed by atoms with E-state index in [2.05, 4.69) is 24.9 Å². The summed E-state index contributed by atoms with van der Waals surface area (Å²) in [6, 6.07) is 0.226. The van der Waals surface area contributed by atoms with Gasteiger partial charge in [-0.2, -0.15) is 0 Å². The molecule has 0 radical (unpaired) electrons. The van der Waals surface area contributed by atoms with Gasteiger partial charge in [0.2, 0.25) is 5.91 Å². The van der Waals surface area contributed by atoms with Crippen molar-refractivity contribution in [3.63, 3.8) is 0 Å². The van der Waals surface area contributed by atoms with Gasteiger partial charge in [0.1, 0.15) is 0 Å². The van der Waals surface area contributed by atoms with Crippen molar-refractivity contribution in [3.8, 4) is 0 Å². The van der Waals surface area contributed by atoms with Gasteiger partial charge in [-0.15, -0.1) is 0 Å². The Morgan fingerprint density at radius 2 is 2.58 bits per heavy atom. The third kappa shape index (κ3) is 2.53. The molecule has 0 spiro atoms. The van der Waals surface area contributed by atoms with Crippen LogP contribution in [0, 0.1) is 0 Å². The highest BCUT2D eigenvalue weighted by Gasteiger charge is 2.11. The zero-order chi connectivity index (χ0) is 8.97. The Kier molecular flexibility index (Phi) is 3.09. The van der Waals surface area contributed by atoms with E-state index in [4.69, 9.17) is 0 Å². The monoisotopic (exact) mass is 165 g/mol. The van der Waals surface area contributed by atoms with Crippen LogP contribution in [-0.2, 0) is 4.79 Å². The van der Waals surface area contributed by atoms with Gasteiger partial charge in [0.15, 0.2) is 0 Å². The highest BCUT2D eigenvalue weighted by molar-refractivity contribution is 5.87. The minimum atomic E-state index is -0.0778. The van der Waals surface area contributed by atoms with E-state index in [1.165, 1.54) is 24.5 Å². The summed E-state index contributed by atoms with van der Waals surface area (Å²) in [5.74, 6) is -0.0778. The van der Waals surface area contributed by atoms with E-state index in [9.17, 15) is 4.79 Å². The molecule has 1 rings (SSSR count). The van der Waals surface area contributed by atoms with Crippen LogP contribution in [0.2, 0.25) is 0 Å². The number of rotatable bonds is 2. The van der Waals surface area contributed by atoms with Crippen LogP contribution in [0.25, 0.3) is 0 Å². The smallest absolute Gasteiger partial charge is 0.243 e. The summed E-state index contributed by atoms with van der Waals surface area (Å²) in [5.41, 5.74) is 1.37. The number of allylic oxidation sites excluding steroid dienone is 1. The lowest BCUT2D eigenvalue weighted by Gasteiger charge is -2.19. The normalized spacial score (nSPS) is 22.8. The Morgan fingerprint density at radius 3 is 3.17 bits per heavy atom. The van der Waals surface area contributed by atoms with Crippen LogP contribution < -0.4 is 5.32 Å². The lowest BCUT2D eigenvalue weighted by Crippen LogP contribution is -2.33. The molecular formula is C10H15NO. The fourth-order valence-electron chi connectivity index (χ4n) is 1.47. The first kappa shape index (κ1) is 9.04. The van der Waals surface area contributed by atoms with E-state index in [1.807, 2.05) is 0 Å². The molecular weight excluding hydrogens is 150 g/mol. The average Bonchev–Trinajstić information content (AvgIpc) is 2.04. The fourth-order valence-corrected chi connectivity index (χ4v) is 1.47. The van der Waals surface area contributed by atoms with Gasteiger partial charge in [0.05, 0.1) is 0 Å². The number of carbonyl (C=O) groups is 1. The Balaban J connectivity index is 2.47. The van der Waals surface area contributed by atoms with Gasteiger partial charge >= 0.3 is 0 Å². The molecule has 0 bridgehead atoms. The largest absolute Gasteiger partial charge is 0.346 e. The topological polar surface area (TPSA) is 29.1 Å². The Morgan fingerprint density at radius 1 is 1.83 bits per heavy atom. The molecule has 0 aromatic heterocycles. The lowest BCUT2D eigenvalue weighted by atomic mass is 9.97. The molecule has 12 heavy (non-hydrogen) atoms. The first-order valence-electron chi connectivity index (χ1n) is 4.32. The van der Waals surface area contributed by atoms with Crippen molar-refractivity contribution in [2.75, 3.05) is 0 Å². The summed E-state index contributed by atoms with van der Waals surface area (Å²) in [5, 5.41) is 2.87. The highest BCUT2D eigenvalue weighted by Crippen LogP contribution is 2.16. The summed E-state index contributed by atoms with van der Waals surface area (Å²) in [4.78, 5) is 10.9. The molecule has 0 aromatic carbocycles. The van der Waals surface area contributed by atoms with Crippen LogP contribution in [0.5, 0.6) is 0 Å². The van der Waals surface area contributed by atoms with E-state index in [1.54, 1.807) is 0 Å². The molecule has 0 saturated heterocycles. The van der Waals surface area contributed by atoms with Crippen molar-refractivity contribution in [2.24, 2.45) is 0 Å². The maximum atomic E-state index is 10.9. The second-order valence-corrected chi connectivity index (χ2v) is 3.22. The maximum Gasteiger partial charge on any atom is 0.243 e. The maximum absolute atomic E-state index is 10.9. The minimum absolute atomic E-state index is 0.0778. The summed E-state index contributed by atoms with van der Waals surface area (Å²) >= 11 is 0. The van der Waals surface area contributed by atoms with Gasteiger partial charge < -0.3 is 5.32 Å². The Bertz CT molecular complexity index is 218. The number of amides is 1. The molecule has 2 heteroatoms. The van der Waals surface area contributed by atoms with Crippen molar-refractivity contribution in [2.45, 2.75) is 32.2 Å². The molecule has 1 aliphatic rings. The molecule has 0 fully saturated rings. The molecule has 0 saturated carbocycles.